The van der Waals surface area contributed by atoms with Gasteiger partial charge in [0.2, 0.25) is 0 Å². The molecule has 0 saturated heterocycles. The number of ether oxygens (including phenoxy) is 1. The van der Waals surface area contributed by atoms with Crippen molar-refractivity contribution in [3.63, 3.8) is 0 Å². The number of aryl methyl sites for hydroxylation is 1. The van der Waals surface area contributed by atoms with Crippen molar-refractivity contribution in [2.45, 2.75) is 6.61 Å². The molecular weight excluding hydrogens is 248 g/mol. The summed E-state index contributed by atoms with van der Waals surface area (Å²) in [6, 6.07) is 8.79. The maximum absolute atomic E-state index is 10.6. The van der Waals surface area contributed by atoms with Crippen LogP contribution in [0.25, 0.3) is 0 Å². The zero-order chi connectivity index (χ0) is 13.8. The molecule has 0 N–H and O–H groups in total. The number of benzene rings is 1. The van der Waals surface area contributed by atoms with Gasteiger partial charge in [-0.15, -0.1) is 0 Å². The molecule has 2 aromatic rings. The van der Waals surface area contributed by atoms with Crippen molar-refractivity contribution in [1.82, 2.24) is 9.55 Å². The van der Waals surface area contributed by atoms with E-state index < -0.39 is 4.92 Å². The van der Waals surface area contributed by atoms with E-state index in [1.165, 1.54) is 10.8 Å². The van der Waals surface area contributed by atoms with Crippen LogP contribution in [0.1, 0.15) is 11.4 Å². The summed E-state index contributed by atoms with van der Waals surface area (Å²) < 4.78 is 6.98. The molecule has 7 heteroatoms. The highest BCUT2D eigenvalue weighted by Gasteiger charge is 2.17. The van der Waals surface area contributed by atoms with E-state index in [-0.39, 0.29) is 12.4 Å². The lowest BCUT2D eigenvalue weighted by atomic mass is 10.2. The molecule has 0 spiro atoms. The van der Waals surface area contributed by atoms with Crippen LogP contribution >= 0.6 is 0 Å². The van der Waals surface area contributed by atoms with Crippen LogP contribution in [0, 0.1) is 21.4 Å². The van der Waals surface area contributed by atoms with Gasteiger partial charge in [-0.3, -0.25) is 0 Å². The van der Waals surface area contributed by atoms with E-state index in [9.17, 15) is 10.1 Å². The van der Waals surface area contributed by atoms with Crippen LogP contribution in [0.4, 0.5) is 5.82 Å². The second-order valence-corrected chi connectivity index (χ2v) is 3.78. The summed E-state index contributed by atoms with van der Waals surface area (Å²) in [4.78, 5) is 13.9. The third-order valence-corrected chi connectivity index (χ3v) is 2.51. The van der Waals surface area contributed by atoms with Gasteiger partial charge in [-0.25, -0.2) is 0 Å². The van der Waals surface area contributed by atoms with Gasteiger partial charge in [0.15, 0.2) is 6.61 Å². The monoisotopic (exact) mass is 258 g/mol. The molecule has 7 nitrogen and oxygen atoms in total. The molecule has 0 atom stereocenters. The highest BCUT2D eigenvalue weighted by atomic mass is 16.6. The van der Waals surface area contributed by atoms with E-state index in [0.29, 0.717) is 17.1 Å². The predicted molar refractivity (Wildman–Crippen MR) is 65.4 cm³/mol. The van der Waals surface area contributed by atoms with Crippen molar-refractivity contribution in [2.75, 3.05) is 0 Å². The molecule has 1 heterocycles. The van der Waals surface area contributed by atoms with Gasteiger partial charge in [0.25, 0.3) is 5.82 Å². The quantitative estimate of drug-likeness (QED) is 0.615. The summed E-state index contributed by atoms with van der Waals surface area (Å²) >= 11 is 0. The number of hydrogen-bond donors (Lipinski definition) is 0. The Kier molecular flexibility index (Phi) is 3.43. The lowest BCUT2D eigenvalue weighted by molar-refractivity contribution is -0.389. The summed E-state index contributed by atoms with van der Waals surface area (Å²) in [6.45, 7) is 0.0586. The maximum Gasteiger partial charge on any atom is 0.381 e. The molecule has 0 aliphatic carbocycles. The van der Waals surface area contributed by atoms with Crippen LogP contribution in [0.5, 0.6) is 5.75 Å². The SMILES string of the molecule is Cn1cc([N+](=O)[O-])nc1COc1ccccc1C#N. The number of para-hydroxylation sites is 1. The molecule has 96 valence electrons. The molecule has 0 fully saturated rings. The molecule has 1 aromatic carbocycles. The summed E-state index contributed by atoms with van der Waals surface area (Å²) in [6.07, 6.45) is 1.31. The molecule has 2 rings (SSSR count). The van der Waals surface area contributed by atoms with Crippen molar-refractivity contribution in [3.8, 4) is 11.8 Å². The summed E-state index contributed by atoms with van der Waals surface area (Å²) in [7, 11) is 1.65. The molecule has 1 aromatic heterocycles. The number of nitro groups is 1. The number of aromatic nitrogens is 2. The number of rotatable bonds is 4. The van der Waals surface area contributed by atoms with Crippen LogP contribution in [0.2, 0.25) is 0 Å². The standard InChI is InChI=1S/C12H10N4O3/c1-15-7-11(16(17)18)14-12(15)8-19-10-5-3-2-4-9(10)6-13/h2-5,7H,8H2,1H3. The summed E-state index contributed by atoms with van der Waals surface area (Å²) in [5.74, 6) is 0.616. The molecule has 0 aliphatic rings. The Morgan fingerprint density at radius 2 is 2.26 bits per heavy atom. The van der Waals surface area contributed by atoms with Crippen molar-refractivity contribution in [2.24, 2.45) is 7.05 Å². The first-order chi connectivity index (χ1) is 9.11. The van der Waals surface area contributed by atoms with Gasteiger partial charge in [-0.2, -0.15) is 5.26 Å². The number of nitriles is 1. The van der Waals surface area contributed by atoms with E-state index in [2.05, 4.69) is 4.98 Å². The Balaban J connectivity index is 2.15. The van der Waals surface area contributed by atoms with E-state index in [0.717, 1.165) is 0 Å². The number of imidazole rings is 1. The minimum Gasteiger partial charge on any atom is -0.482 e. The van der Waals surface area contributed by atoms with Crippen LogP contribution < -0.4 is 4.74 Å². The third kappa shape index (κ3) is 2.69. The molecule has 0 saturated carbocycles. The van der Waals surface area contributed by atoms with Gasteiger partial charge in [0.05, 0.1) is 5.56 Å². The Hall–Kier alpha value is -2.88. The fraction of sp³-hybridized carbons (Fsp3) is 0.167. The normalized spacial score (nSPS) is 9.89. The maximum atomic E-state index is 10.6. The van der Waals surface area contributed by atoms with Crippen LogP contribution in [0.15, 0.2) is 30.5 Å². The summed E-state index contributed by atoms with van der Waals surface area (Å²) in [5, 5.41) is 19.5. The predicted octanol–water partition coefficient (Wildman–Crippen LogP) is 1.78. The van der Waals surface area contributed by atoms with Crippen LogP contribution in [0.3, 0.4) is 0 Å². The average molecular weight is 258 g/mol. The first-order valence-corrected chi connectivity index (χ1v) is 5.40. The van der Waals surface area contributed by atoms with Gasteiger partial charge >= 0.3 is 5.82 Å². The molecule has 0 bridgehead atoms. The molecule has 0 aliphatic heterocycles. The Bertz CT molecular complexity index is 657. The largest absolute Gasteiger partial charge is 0.482 e. The van der Waals surface area contributed by atoms with Gasteiger partial charge in [0.1, 0.15) is 18.0 Å². The van der Waals surface area contributed by atoms with Gasteiger partial charge < -0.3 is 19.4 Å². The minimum absolute atomic E-state index is 0.0586. The van der Waals surface area contributed by atoms with Crippen molar-refractivity contribution < 1.29 is 9.66 Å². The van der Waals surface area contributed by atoms with Gasteiger partial charge in [-0.05, 0) is 22.0 Å². The van der Waals surface area contributed by atoms with Crippen LogP contribution in [-0.4, -0.2) is 14.5 Å². The third-order valence-electron chi connectivity index (χ3n) is 2.51. The highest BCUT2D eigenvalue weighted by molar-refractivity contribution is 5.42. The first-order valence-electron chi connectivity index (χ1n) is 5.40. The van der Waals surface area contributed by atoms with E-state index in [1.807, 2.05) is 6.07 Å². The lowest BCUT2D eigenvalue weighted by Gasteiger charge is -2.04. The first kappa shape index (κ1) is 12.6. The number of nitrogens with zero attached hydrogens (tertiary/aromatic N) is 4. The Morgan fingerprint density at radius 3 is 2.89 bits per heavy atom. The van der Waals surface area contributed by atoms with Gasteiger partial charge in [-0.1, -0.05) is 12.1 Å². The second-order valence-electron chi connectivity index (χ2n) is 3.78. The van der Waals surface area contributed by atoms with Crippen molar-refractivity contribution in [3.05, 3.63) is 52.0 Å². The second kappa shape index (κ2) is 5.18. The van der Waals surface area contributed by atoms with E-state index >= 15 is 0 Å². The Labute approximate surface area is 108 Å². The molecule has 0 radical (unpaired) electrons. The van der Waals surface area contributed by atoms with Crippen molar-refractivity contribution in [1.29, 1.82) is 5.26 Å². The number of hydrogen-bond acceptors (Lipinski definition) is 5. The smallest absolute Gasteiger partial charge is 0.381 e. The molecule has 0 unspecified atom stereocenters. The topological polar surface area (TPSA) is 94.0 Å². The van der Waals surface area contributed by atoms with E-state index in [4.69, 9.17) is 10.00 Å². The minimum atomic E-state index is -0.563. The van der Waals surface area contributed by atoms with Crippen LogP contribution in [-0.2, 0) is 13.7 Å². The van der Waals surface area contributed by atoms with Gasteiger partial charge in [0, 0.05) is 7.05 Å². The zero-order valence-electron chi connectivity index (χ0n) is 10.1. The zero-order valence-corrected chi connectivity index (χ0v) is 10.1. The molecular formula is C12H10N4O3. The summed E-state index contributed by atoms with van der Waals surface area (Å²) in [5.41, 5.74) is 0.409. The Morgan fingerprint density at radius 1 is 1.53 bits per heavy atom. The fourth-order valence-corrected chi connectivity index (χ4v) is 1.54. The molecule has 0 amide bonds. The molecule has 19 heavy (non-hydrogen) atoms. The fourth-order valence-electron chi connectivity index (χ4n) is 1.54. The van der Waals surface area contributed by atoms with Crippen molar-refractivity contribution >= 4 is 5.82 Å². The average Bonchev–Trinajstić information content (AvgIpc) is 2.78. The highest BCUT2D eigenvalue weighted by Crippen LogP contribution is 2.18. The lowest BCUT2D eigenvalue weighted by Crippen LogP contribution is -2.03. The van der Waals surface area contributed by atoms with E-state index in [1.54, 1.807) is 31.3 Å².